The fourth-order valence-corrected chi connectivity index (χ4v) is 0.915. The lowest BCUT2D eigenvalue weighted by Crippen LogP contribution is -1.95. The SMILES string of the molecule is CC.O=C(O)c1ccc(CCl)cc1. The van der Waals surface area contributed by atoms with Crippen molar-refractivity contribution in [2.24, 2.45) is 0 Å². The summed E-state index contributed by atoms with van der Waals surface area (Å²) < 4.78 is 0. The second-order valence-corrected chi connectivity index (χ2v) is 2.40. The molecule has 0 radical (unpaired) electrons. The van der Waals surface area contributed by atoms with E-state index in [4.69, 9.17) is 16.7 Å². The van der Waals surface area contributed by atoms with Crippen molar-refractivity contribution in [1.82, 2.24) is 0 Å². The molecule has 0 bridgehead atoms. The first-order valence-corrected chi connectivity index (χ1v) is 4.65. The van der Waals surface area contributed by atoms with E-state index >= 15 is 0 Å². The van der Waals surface area contributed by atoms with Gasteiger partial charge in [0.2, 0.25) is 0 Å². The normalized spacial score (nSPS) is 8.54. The zero-order valence-corrected chi connectivity index (χ0v) is 8.51. The Morgan fingerprint density at radius 3 is 2.08 bits per heavy atom. The third kappa shape index (κ3) is 3.95. The Balaban J connectivity index is 0.000000671. The number of alkyl halides is 1. The van der Waals surface area contributed by atoms with Crippen molar-refractivity contribution in [2.75, 3.05) is 0 Å². The third-order valence-electron chi connectivity index (χ3n) is 1.36. The minimum atomic E-state index is -0.911. The zero-order chi connectivity index (χ0) is 10.3. The second kappa shape index (κ2) is 6.49. The van der Waals surface area contributed by atoms with E-state index in [0.717, 1.165) is 5.56 Å². The van der Waals surface area contributed by atoms with Gasteiger partial charge in [0.1, 0.15) is 0 Å². The largest absolute Gasteiger partial charge is 0.478 e. The molecule has 3 heteroatoms. The van der Waals surface area contributed by atoms with E-state index in [-0.39, 0.29) is 0 Å². The van der Waals surface area contributed by atoms with Crippen LogP contribution >= 0.6 is 11.6 Å². The predicted octanol–water partition coefficient (Wildman–Crippen LogP) is 3.15. The highest BCUT2D eigenvalue weighted by Crippen LogP contribution is 2.06. The van der Waals surface area contributed by atoms with Crippen molar-refractivity contribution >= 4 is 17.6 Å². The Hall–Kier alpha value is -1.02. The summed E-state index contributed by atoms with van der Waals surface area (Å²) in [5.41, 5.74) is 1.22. The van der Waals surface area contributed by atoms with Crippen LogP contribution in [0.2, 0.25) is 0 Å². The number of benzene rings is 1. The molecule has 1 aromatic rings. The Kier molecular flexibility index (Phi) is 5.98. The first-order chi connectivity index (χ1) is 6.24. The summed E-state index contributed by atoms with van der Waals surface area (Å²) in [5.74, 6) is -0.494. The summed E-state index contributed by atoms with van der Waals surface area (Å²) in [6.45, 7) is 4.00. The molecule has 0 aliphatic rings. The summed E-state index contributed by atoms with van der Waals surface area (Å²) in [5, 5.41) is 8.52. The Bertz CT molecular complexity index is 254. The smallest absolute Gasteiger partial charge is 0.335 e. The van der Waals surface area contributed by atoms with Gasteiger partial charge in [0.05, 0.1) is 5.56 Å². The van der Waals surface area contributed by atoms with Crippen LogP contribution in [0.4, 0.5) is 0 Å². The van der Waals surface area contributed by atoms with Gasteiger partial charge in [0.25, 0.3) is 0 Å². The molecule has 1 N–H and O–H groups in total. The molecule has 0 aromatic heterocycles. The monoisotopic (exact) mass is 200 g/mol. The number of rotatable bonds is 2. The van der Waals surface area contributed by atoms with E-state index in [1.807, 2.05) is 13.8 Å². The highest BCUT2D eigenvalue weighted by molar-refractivity contribution is 6.17. The van der Waals surface area contributed by atoms with E-state index in [1.54, 1.807) is 24.3 Å². The minimum Gasteiger partial charge on any atom is -0.478 e. The average Bonchev–Trinajstić information content (AvgIpc) is 2.21. The van der Waals surface area contributed by atoms with Crippen LogP contribution in [-0.2, 0) is 5.88 Å². The van der Waals surface area contributed by atoms with Crippen molar-refractivity contribution in [2.45, 2.75) is 19.7 Å². The molecule has 0 saturated carbocycles. The molecule has 72 valence electrons. The maximum Gasteiger partial charge on any atom is 0.335 e. The number of hydrogen-bond acceptors (Lipinski definition) is 1. The van der Waals surface area contributed by atoms with Gasteiger partial charge in [-0.15, -0.1) is 11.6 Å². The molecule has 0 heterocycles. The Morgan fingerprint density at radius 2 is 1.77 bits per heavy atom. The predicted molar refractivity (Wildman–Crippen MR) is 54.3 cm³/mol. The molecule has 0 spiro atoms. The molecule has 0 atom stereocenters. The maximum absolute atomic E-state index is 10.4. The fraction of sp³-hybridized carbons (Fsp3) is 0.300. The lowest BCUT2D eigenvalue weighted by molar-refractivity contribution is 0.0697. The quantitative estimate of drug-likeness (QED) is 0.745. The molecule has 13 heavy (non-hydrogen) atoms. The van der Waals surface area contributed by atoms with Crippen molar-refractivity contribution in [1.29, 1.82) is 0 Å². The van der Waals surface area contributed by atoms with Crippen LogP contribution in [0.1, 0.15) is 29.8 Å². The Morgan fingerprint density at radius 1 is 1.31 bits per heavy atom. The number of hydrogen-bond donors (Lipinski definition) is 1. The van der Waals surface area contributed by atoms with Crippen LogP contribution in [0, 0.1) is 0 Å². The van der Waals surface area contributed by atoms with E-state index < -0.39 is 5.97 Å². The van der Waals surface area contributed by atoms with Gasteiger partial charge < -0.3 is 5.11 Å². The molecular weight excluding hydrogens is 188 g/mol. The lowest BCUT2D eigenvalue weighted by atomic mass is 10.1. The number of carboxylic acids is 1. The number of carbonyl (C=O) groups is 1. The molecule has 0 unspecified atom stereocenters. The third-order valence-corrected chi connectivity index (χ3v) is 1.66. The van der Waals surface area contributed by atoms with Gasteiger partial charge in [-0.05, 0) is 17.7 Å². The van der Waals surface area contributed by atoms with Crippen molar-refractivity contribution in [3.8, 4) is 0 Å². The van der Waals surface area contributed by atoms with Gasteiger partial charge in [-0.2, -0.15) is 0 Å². The highest BCUT2D eigenvalue weighted by atomic mass is 35.5. The maximum atomic E-state index is 10.4. The zero-order valence-electron chi connectivity index (χ0n) is 7.75. The van der Waals surface area contributed by atoms with Crippen LogP contribution in [0.15, 0.2) is 24.3 Å². The standard InChI is InChI=1S/C8H7ClO2.C2H6/c9-5-6-1-3-7(4-2-6)8(10)11;1-2/h1-4H,5H2,(H,10,11);1-2H3. The summed E-state index contributed by atoms with van der Waals surface area (Å²) in [4.78, 5) is 10.4. The highest BCUT2D eigenvalue weighted by Gasteiger charge is 1.99. The molecule has 0 amide bonds. The van der Waals surface area contributed by atoms with Crippen LogP contribution in [0.25, 0.3) is 0 Å². The van der Waals surface area contributed by atoms with Gasteiger partial charge in [-0.25, -0.2) is 4.79 Å². The van der Waals surface area contributed by atoms with Crippen molar-refractivity contribution < 1.29 is 9.90 Å². The number of aromatic carboxylic acids is 1. The molecule has 1 rings (SSSR count). The first-order valence-electron chi connectivity index (χ1n) is 4.12. The second-order valence-electron chi connectivity index (χ2n) is 2.14. The van der Waals surface area contributed by atoms with Crippen molar-refractivity contribution in [3.63, 3.8) is 0 Å². The van der Waals surface area contributed by atoms with E-state index in [0.29, 0.717) is 11.4 Å². The van der Waals surface area contributed by atoms with E-state index in [2.05, 4.69) is 0 Å². The van der Waals surface area contributed by atoms with Gasteiger partial charge >= 0.3 is 5.97 Å². The lowest BCUT2D eigenvalue weighted by Gasteiger charge is -1.95. The van der Waals surface area contributed by atoms with E-state index in [9.17, 15) is 4.79 Å². The summed E-state index contributed by atoms with van der Waals surface area (Å²) in [6, 6.07) is 6.49. The van der Waals surface area contributed by atoms with Gasteiger partial charge in [0.15, 0.2) is 0 Å². The van der Waals surface area contributed by atoms with Crippen LogP contribution in [0.3, 0.4) is 0 Å². The van der Waals surface area contributed by atoms with Crippen LogP contribution in [0.5, 0.6) is 0 Å². The molecule has 0 aliphatic heterocycles. The molecule has 0 aliphatic carbocycles. The molecule has 2 nitrogen and oxygen atoms in total. The van der Waals surface area contributed by atoms with Crippen molar-refractivity contribution in [3.05, 3.63) is 35.4 Å². The summed E-state index contributed by atoms with van der Waals surface area (Å²) in [7, 11) is 0. The molecule has 0 saturated heterocycles. The Labute approximate surface area is 83.2 Å². The summed E-state index contributed by atoms with van der Waals surface area (Å²) >= 11 is 5.51. The summed E-state index contributed by atoms with van der Waals surface area (Å²) in [6.07, 6.45) is 0. The minimum absolute atomic E-state index is 0.291. The molecular formula is C10H13ClO2. The van der Waals surface area contributed by atoms with Gasteiger partial charge in [-0.1, -0.05) is 26.0 Å². The number of halogens is 1. The van der Waals surface area contributed by atoms with Gasteiger partial charge in [-0.3, -0.25) is 0 Å². The van der Waals surface area contributed by atoms with Gasteiger partial charge in [0, 0.05) is 5.88 Å². The first kappa shape index (κ1) is 12.0. The van der Waals surface area contributed by atoms with E-state index in [1.165, 1.54) is 0 Å². The topological polar surface area (TPSA) is 37.3 Å². The molecule has 1 aromatic carbocycles. The average molecular weight is 201 g/mol. The number of carboxylic acid groups (broad SMARTS) is 1. The molecule has 0 fully saturated rings. The van der Waals surface area contributed by atoms with Crippen LogP contribution < -0.4 is 0 Å². The van der Waals surface area contributed by atoms with Crippen LogP contribution in [-0.4, -0.2) is 11.1 Å². The fourth-order valence-electron chi connectivity index (χ4n) is 0.736.